The number of carbonyl (C=O) groups excluding carboxylic acids is 2. The lowest BCUT2D eigenvalue weighted by Crippen LogP contribution is -2.48. The molecule has 1 atom stereocenters. The Labute approximate surface area is 99.5 Å². The van der Waals surface area contributed by atoms with Crippen LogP contribution in [0.15, 0.2) is 12.7 Å². The number of nitrogens with zero attached hydrogens (tertiary/aromatic N) is 1. The molecule has 0 aliphatic rings. The predicted octanol–water partition coefficient (Wildman–Crippen LogP) is -0.597. The Morgan fingerprint density at radius 3 is 2.41 bits per heavy atom. The first-order valence-corrected chi connectivity index (χ1v) is 4.96. The van der Waals surface area contributed by atoms with E-state index in [1.54, 1.807) is 14.1 Å². The van der Waals surface area contributed by atoms with Crippen molar-refractivity contribution in [3.63, 3.8) is 0 Å². The minimum atomic E-state index is -1.15. The van der Waals surface area contributed by atoms with Crippen molar-refractivity contribution in [3.8, 4) is 0 Å². The second-order valence-electron chi connectivity index (χ2n) is 3.53. The van der Waals surface area contributed by atoms with Gasteiger partial charge < -0.3 is 20.6 Å². The summed E-state index contributed by atoms with van der Waals surface area (Å²) in [6, 6.07) is -1.74. The minimum absolute atomic E-state index is 0.115. The lowest BCUT2D eigenvalue weighted by atomic mass is 10.2. The van der Waals surface area contributed by atoms with Crippen LogP contribution in [0.5, 0.6) is 0 Å². The van der Waals surface area contributed by atoms with Crippen LogP contribution in [-0.2, 0) is 9.59 Å². The SMILES string of the molecule is C=CCC(NC(=O)NCC(=O)N(C)C)C(=O)O. The molecule has 7 nitrogen and oxygen atoms in total. The van der Waals surface area contributed by atoms with Crippen LogP contribution in [0.25, 0.3) is 0 Å². The van der Waals surface area contributed by atoms with Gasteiger partial charge in [-0.2, -0.15) is 0 Å². The summed E-state index contributed by atoms with van der Waals surface area (Å²) in [4.78, 5) is 34.4. The molecule has 3 amide bonds. The first-order chi connectivity index (χ1) is 7.88. The summed E-state index contributed by atoms with van der Waals surface area (Å²) in [7, 11) is 3.11. The zero-order chi connectivity index (χ0) is 13.4. The third-order valence-corrected chi connectivity index (χ3v) is 1.90. The fourth-order valence-electron chi connectivity index (χ4n) is 0.911. The fourth-order valence-corrected chi connectivity index (χ4v) is 0.911. The molecular formula is C10H17N3O4. The molecule has 0 heterocycles. The Bertz CT molecular complexity index is 315. The van der Waals surface area contributed by atoms with Crippen LogP contribution in [0.3, 0.4) is 0 Å². The Kier molecular flexibility index (Phi) is 6.39. The van der Waals surface area contributed by atoms with E-state index in [0.29, 0.717) is 0 Å². The van der Waals surface area contributed by atoms with Gasteiger partial charge in [-0.25, -0.2) is 9.59 Å². The van der Waals surface area contributed by atoms with Gasteiger partial charge in [-0.1, -0.05) is 6.08 Å². The van der Waals surface area contributed by atoms with E-state index in [4.69, 9.17) is 5.11 Å². The molecule has 3 N–H and O–H groups in total. The number of amides is 3. The Morgan fingerprint density at radius 1 is 1.41 bits per heavy atom. The molecular weight excluding hydrogens is 226 g/mol. The first-order valence-electron chi connectivity index (χ1n) is 4.96. The topological polar surface area (TPSA) is 98.7 Å². The van der Waals surface area contributed by atoms with Crippen LogP contribution in [0.2, 0.25) is 0 Å². The second-order valence-corrected chi connectivity index (χ2v) is 3.53. The van der Waals surface area contributed by atoms with E-state index in [0.717, 1.165) is 0 Å². The summed E-state index contributed by atoms with van der Waals surface area (Å²) in [6.07, 6.45) is 1.51. The number of carbonyl (C=O) groups is 3. The number of aliphatic carboxylic acids is 1. The van der Waals surface area contributed by atoms with Crippen LogP contribution >= 0.6 is 0 Å². The number of hydrogen-bond acceptors (Lipinski definition) is 3. The molecule has 0 fully saturated rings. The van der Waals surface area contributed by atoms with Crippen molar-refractivity contribution < 1.29 is 19.5 Å². The van der Waals surface area contributed by atoms with Gasteiger partial charge in [0.2, 0.25) is 5.91 Å². The second kappa shape index (κ2) is 7.26. The van der Waals surface area contributed by atoms with Gasteiger partial charge in [-0.15, -0.1) is 6.58 Å². The Morgan fingerprint density at radius 2 is 2.00 bits per heavy atom. The van der Waals surface area contributed by atoms with Gasteiger partial charge in [0.05, 0.1) is 6.54 Å². The van der Waals surface area contributed by atoms with Crippen LogP contribution in [0.4, 0.5) is 4.79 Å². The monoisotopic (exact) mass is 243 g/mol. The molecule has 0 aromatic heterocycles. The quantitative estimate of drug-likeness (QED) is 0.543. The van der Waals surface area contributed by atoms with Crippen molar-refractivity contribution in [2.45, 2.75) is 12.5 Å². The molecule has 0 bridgehead atoms. The van der Waals surface area contributed by atoms with Crippen molar-refractivity contribution >= 4 is 17.9 Å². The smallest absolute Gasteiger partial charge is 0.326 e. The van der Waals surface area contributed by atoms with E-state index in [1.807, 2.05) is 0 Å². The van der Waals surface area contributed by atoms with Gasteiger partial charge >= 0.3 is 12.0 Å². The van der Waals surface area contributed by atoms with Crippen molar-refractivity contribution in [2.24, 2.45) is 0 Å². The third-order valence-electron chi connectivity index (χ3n) is 1.90. The molecule has 0 aromatic rings. The number of carboxylic acids is 1. The van der Waals surface area contributed by atoms with E-state index >= 15 is 0 Å². The fraction of sp³-hybridized carbons (Fsp3) is 0.500. The summed E-state index contributed by atoms with van der Waals surface area (Å²) in [5.74, 6) is -1.44. The molecule has 0 aromatic carbocycles. The highest BCUT2D eigenvalue weighted by Crippen LogP contribution is 1.92. The maximum absolute atomic E-state index is 11.3. The van der Waals surface area contributed by atoms with Crippen LogP contribution in [0, 0.1) is 0 Å². The lowest BCUT2D eigenvalue weighted by Gasteiger charge is -2.14. The van der Waals surface area contributed by atoms with E-state index in [9.17, 15) is 14.4 Å². The van der Waals surface area contributed by atoms with E-state index in [1.165, 1.54) is 11.0 Å². The van der Waals surface area contributed by atoms with Gasteiger partial charge in [-0.3, -0.25) is 4.79 Å². The summed E-state index contributed by atoms with van der Waals surface area (Å²) in [5.41, 5.74) is 0. The first kappa shape index (κ1) is 14.9. The molecule has 7 heteroatoms. The van der Waals surface area contributed by atoms with E-state index in [2.05, 4.69) is 17.2 Å². The molecule has 17 heavy (non-hydrogen) atoms. The van der Waals surface area contributed by atoms with Gasteiger partial charge in [0, 0.05) is 14.1 Å². The molecule has 0 rings (SSSR count). The number of likely N-dealkylation sites (N-methyl/N-ethyl adjacent to an activating group) is 1. The van der Waals surface area contributed by atoms with Gasteiger partial charge in [0.25, 0.3) is 0 Å². The average molecular weight is 243 g/mol. The summed E-state index contributed by atoms with van der Waals surface area (Å²) in [5, 5.41) is 13.2. The highest BCUT2D eigenvalue weighted by molar-refractivity contribution is 5.86. The molecule has 1 unspecified atom stereocenters. The molecule has 0 saturated carbocycles. The zero-order valence-corrected chi connectivity index (χ0v) is 9.90. The molecule has 0 saturated heterocycles. The number of hydrogen-bond donors (Lipinski definition) is 3. The summed E-state index contributed by atoms with van der Waals surface area (Å²) in [6.45, 7) is 3.21. The maximum atomic E-state index is 11.3. The van der Waals surface area contributed by atoms with E-state index in [-0.39, 0.29) is 18.9 Å². The zero-order valence-electron chi connectivity index (χ0n) is 9.90. The van der Waals surface area contributed by atoms with Gasteiger partial charge in [0.1, 0.15) is 6.04 Å². The summed E-state index contributed by atoms with van der Waals surface area (Å²) >= 11 is 0. The molecule has 96 valence electrons. The standard InChI is InChI=1S/C10H17N3O4/c1-4-5-7(9(15)16)12-10(17)11-6-8(14)13(2)3/h4,7H,1,5-6H2,2-3H3,(H,15,16)(H2,11,12,17). The van der Waals surface area contributed by atoms with Gasteiger partial charge in [0.15, 0.2) is 0 Å². The molecule has 0 spiro atoms. The van der Waals surface area contributed by atoms with Crippen molar-refractivity contribution in [1.29, 1.82) is 0 Å². The van der Waals surface area contributed by atoms with Crippen molar-refractivity contribution in [1.82, 2.24) is 15.5 Å². The average Bonchev–Trinajstić information content (AvgIpc) is 2.24. The van der Waals surface area contributed by atoms with Crippen LogP contribution < -0.4 is 10.6 Å². The molecule has 0 aliphatic carbocycles. The lowest BCUT2D eigenvalue weighted by molar-refractivity contribution is -0.139. The number of nitrogens with one attached hydrogen (secondary N) is 2. The van der Waals surface area contributed by atoms with Crippen LogP contribution in [-0.4, -0.2) is 54.6 Å². The van der Waals surface area contributed by atoms with Crippen molar-refractivity contribution in [2.75, 3.05) is 20.6 Å². The number of carboxylic acid groups (broad SMARTS) is 1. The minimum Gasteiger partial charge on any atom is -0.480 e. The molecule has 0 aliphatic heterocycles. The Balaban J connectivity index is 4.11. The Hall–Kier alpha value is -2.05. The maximum Gasteiger partial charge on any atom is 0.326 e. The normalized spacial score (nSPS) is 11.2. The highest BCUT2D eigenvalue weighted by Gasteiger charge is 2.18. The highest BCUT2D eigenvalue weighted by atomic mass is 16.4. The number of rotatable bonds is 6. The largest absolute Gasteiger partial charge is 0.480 e. The molecule has 0 radical (unpaired) electrons. The third kappa shape index (κ3) is 6.18. The predicted molar refractivity (Wildman–Crippen MR) is 61.5 cm³/mol. The van der Waals surface area contributed by atoms with Gasteiger partial charge in [-0.05, 0) is 6.42 Å². The van der Waals surface area contributed by atoms with Crippen LogP contribution in [0.1, 0.15) is 6.42 Å². The van der Waals surface area contributed by atoms with Crippen molar-refractivity contribution in [3.05, 3.63) is 12.7 Å². The van der Waals surface area contributed by atoms with E-state index < -0.39 is 18.0 Å². The summed E-state index contributed by atoms with van der Waals surface area (Å²) < 4.78 is 0. The number of urea groups is 1.